The average molecular weight is 218 g/mol. The molecule has 0 saturated heterocycles. The fourth-order valence-electron chi connectivity index (χ4n) is 1.38. The number of nitrogens with one attached hydrogen (secondary N) is 1. The van der Waals surface area contributed by atoms with E-state index in [1.165, 1.54) is 0 Å². The Morgan fingerprint density at radius 2 is 2.06 bits per heavy atom. The summed E-state index contributed by atoms with van der Waals surface area (Å²) in [5, 5.41) is 6.99. The molecule has 0 aliphatic carbocycles. The minimum atomic E-state index is 0.569. The van der Waals surface area contributed by atoms with E-state index in [0.29, 0.717) is 6.54 Å². The summed E-state index contributed by atoms with van der Waals surface area (Å²) in [6, 6.07) is 1.89. The first-order valence-electron chi connectivity index (χ1n) is 5.11. The zero-order valence-electron chi connectivity index (χ0n) is 9.61. The van der Waals surface area contributed by atoms with Crippen LogP contribution in [-0.4, -0.2) is 15.1 Å². The van der Waals surface area contributed by atoms with Gasteiger partial charge in [0.15, 0.2) is 5.76 Å². The number of nitrogens with zero attached hydrogens (tertiary/aromatic N) is 3. The van der Waals surface area contributed by atoms with Crippen LogP contribution in [0.15, 0.2) is 16.8 Å². The first kappa shape index (κ1) is 10.6. The fourth-order valence-corrected chi connectivity index (χ4v) is 1.38. The zero-order chi connectivity index (χ0) is 11.5. The van der Waals surface area contributed by atoms with Crippen molar-refractivity contribution in [3.05, 3.63) is 35.1 Å². The number of rotatable bonds is 3. The third-order valence-electron chi connectivity index (χ3n) is 2.18. The Bertz CT molecular complexity index is 492. The van der Waals surface area contributed by atoms with Gasteiger partial charge >= 0.3 is 0 Å². The van der Waals surface area contributed by atoms with Gasteiger partial charge in [-0.05, 0) is 20.8 Å². The van der Waals surface area contributed by atoms with Crippen LogP contribution in [0.5, 0.6) is 0 Å². The summed E-state index contributed by atoms with van der Waals surface area (Å²) in [6.07, 6.45) is 1.75. The third-order valence-corrected chi connectivity index (χ3v) is 2.18. The van der Waals surface area contributed by atoms with Crippen LogP contribution in [-0.2, 0) is 6.54 Å². The molecule has 2 rings (SSSR count). The first-order chi connectivity index (χ1) is 7.65. The molecule has 0 saturated carbocycles. The average Bonchev–Trinajstić information content (AvgIpc) is 2.66. The summed E-state index contributed by atoms with van der Waals surface area (Å²) < 4.78 is 5.10. The van der Waals surface area contributed by atoms with Crippen molar-refractivity contribution >= 4 is 5.82 Å². The highest BCUT2D eigenvalue weighted by atomic mass is 16.5. The maximum absolute atomic E-state index is 5.10. The van der Waals surface area contributed by atoms with Crippen LogP contribution in [0.25, 0.3) is 0 Å². The second-order valence-corrected chi connectivity index (χ2v) is 3.73. The molecule has 0 aliphatic rings. The van der Waals surface area contributed by atoms with E-state index in [1.54, 1.807) is 6.20 Å². The smallest absolute Gasteiger partial charge is 0.156 e. The van der Waals surface area contributed by atoms with Gasteiger partial charge in [-0.2, -0.15) is 0 Å². The zero-order valence-corrected chi connectivity index (χ0v) is 9.61. The Morgan fingerprint density at radius 1 is 1.25 bits per heavy atom. The van der Waals surface area contributed by atoms with Crippen LogP contribution in [0.2, 0.25) is 0 Å². The highest BCUT2D eigenvalue weighted by Gasteiger charge is 2.04. The van der Waals surface area contributed by atoms with E-state index in [1.807, 2.05) is 26.8 Å². The molecule has 1 N–H and O–H groups in total. The summed E-state index contributed by atoms with van der Waals surface area (Å²) >= 11 is 0. The summed E-state index contributed by atoms with van der Waals surface area (Å²) in [5.74, 6) is 1.58. The Morgan fingerprint density at radius 3 is 2.75 bits per heavy atom. The summed E-state index contributed by atoms with van der Waals surface area (Å²) in [5.41, 5.74) is 2.65. The Hall–Kier alpha value is -1.91. The summed E-state index contributed by atoms with van der Waals surface area (Å²) in [7, 11) is 0. The molecule has 2 aromatic heterocycles. The minimum absolute atomic E-state index is 0.569. The summed E-state index contributed by atoms with van der Waals surface area (Å²) in [6.45, 7) is 6.29. The van der Waals surface area contributed by atoms with Crippen molar-refractivity contribution in [3.8, 4) is 0 Å². The molecule has 5 heteroatoms. The van der Waals surface area contributed by atoms with Gasteiger partial charge in [0, 0.05) is 12.3 Å². The van der Waals surface area contributed by atoms with E-state index in [2.05, 4.69) is 20.4 Å². The molecule has 0 atom stereocenters. The quantitative estimate of drug-likeness (QED) is 0.853. The van der Waals surface area contributed by atoms with E-state index in [4.69, 9.17) is 4.52 Å². The van der Waals surface area contributed by atoms with Crippen molar-refractivity contribution in [3.63, 3.8) is 0 Å². The van der Waals surface area contributed by atoms with E-state index >= 15 is 0 Å². The maximum atomic E-state index is 5.10. The first-order valence-corrected chi connectivity index (χ1v) is 5.11. The number of aromatic nitrogens is 3. The molecule has 84 valence electrons. The van der Waals surface area contributed by atoms with E-state index < -0.39 is 0 Å². The molecule has 5 nitrogen and oxygen atoms in total. The predicted octanol–water partition coefficient (Wildman–Crippen LogP) is 2.00. The number of hydrogen-bond acceptors (Lipinski definition) is 5. The normalized spacial score (nSPS) is 10.4. The molecule has 0 radical (unpaired) electrons. The highest BCUT2D eigenvalue weighted by Crippen LogP contribution is 2.11. The molecule has 0 fully saturated rings. The molecule has 2 aromatic rings. The van der Waals surface area contributed by atoms with E-state index in [0.717, 1.165) is 28.7 Å². The SMILES string of the molecule is Cc1cc(CNc2nc(C)cnc2C)on1. The standard InChI is InChI=1S/C11H14N4O/c1-7-4-10(16-15-7)6-13-11-9(3)12-5-8(2)14-11/h4-5H,6H2,1-3H3,(H,13,14). The van der Waals surface area contributed by atoms with Gasteiger partial charge < -0.3 is 9.84 Å². The maximum Gasteiger partial charge on any atom is 0.156 e. The van der Waals surface area contributed by atoms with Crippen LogP contribution in [0.1, 0.15) is 22.8 Å². The predicted molar refractivity (Wildman–Crippen MR) is 60.1 cm³/mol. The van der Waals surface area contributed by atoms with Gasteiger partial charge in [-0.25, -0.2) is 4.98 Å². The molecule has 0 spiro atoms. The second kappa shape index (κ2) is 4.30. The lowest BCUT2D eigenvalue weighted by atomic mass is 10.3. The van der Waals surface area contributed by atoms with Crippen molar-refractivity contribution in [1.82, 2.24) is 15.1 Å². The van der Waals surface area contributed by atoms with Crippen molar-refractivity contribution in [2.75, 3.05) is 5.32 Å². The van der Waals surface area contributed by atoms with Crippen molar-refractivity contribution < 1.29 is 4.52 Å². The van der Waals surface area contributed by atoms with Crippen LogP contribution in [0.4, 0.5) is 5.82 Å². The van der Waals surface area contributed by atoms with Gasteiger partial charge in [-0.15, -0.1) is 0 Å². The fraction of sp³-hybridized carbons (Fsp3) is 0.364. The molecule has 16 heavy (non-hydrogen) atoms. The Balaban J connectivity index is 2.07. The van der Waals surface area contributed by atoms with Gasteiger partial charge in [-0.1, -0.05) is 5.16 Å². The lowest BCUT2D eigenvalue weighted by molar-refractivity contribution is 0.384. The monoisotopic (exact) mass is 218 g/mol. The second-order valence-electron chi connectivity index (χ2n) is 3.73. The van der Waals surface area contributed by atoms with Gasteiger partial charge in [0.2, 0.25) is 0 Å². The molecular weight excluding hydrogens is 204 g/mol. The molecule has 0 aromatic carbocycles. The number of anilines is 1. The van der Waals surface area contributed by atoms with Crippen molar-refractivity contribution in [2.24, 2.45) is 0 Å². The van der Waals surface area contributed by atoms with Gasteiger partial charge in [0.1, 0.15) is 5.82 Å². The van der Waals surface area contributed by atoms with Gasteiger partial charge in [-0.3, -0.25) is 4.98 Å². The van der Waals surface area contributed by atoms with Crippen LogP contribution >= 0.6 is 0 Å². The van der Waals surface area contributed by atoms with E-state index in [-0.39, 0.29) is 0 Å². The Kier molecular flexibility index (Phi) is 2.85. The van der Waals surface area contributed by atoms with E-state index in [9.17, 15) is 0 Å². The van der Waals surface area contributed by atoms with Crippen LogP contribution in [0, 0.1) is 20.8 Å². The molecule has 0 unspecified atom stereocenters. The largest absolute Gasteiger partial charge is 0.361 e. The highest BCUT2D eigenvalue weighted by molar-refractivity contribution is 5.39. The Labute approximate surface area is 93.9 Å². The van der Waals surface area contributed by atoms with Gasteiger partial charge in [0.05, 0.1) is 23.6 Å². The number of aryl methyl sites for hydroxylation is 3. The topological polar surface area (TPSA) is 63.8 Å². The summed E-state index contributed by atoms with van der Waals surface area (Å²) in [4.78, 5) is 8.58. The van der Waals surface area contributed by atoms with Crippen molar-refractivity contribution in [1.29, 1.82) is 0 Å². The van der Waals surface area contributed by atoms with Crippen molar-refractivity contribution in [2.45, 2.75) is 27.3 Å². The molecule has 0 bridgehead atoms. The van der Waals surface area contributed by atoms with Crippen LogP contribution in [0.3, 0.4) is 0 Å². The molecule has 2 heterocycles. The lowest BCUT2D eigenvalue weighted by Gasteiger charge is -2.06. The minimum Gasteiger partial charge on any atom is -0.361 e. The molecular formula is C11H14N4O. The molecule has 0 amide bonds. The lowest BCUT2D eigenvalue weighted by Crippen LogP contribution is -2.04. The van der Waals surface area contributed by atoms with Gasteiger partial charge in [0.25, 0.3) is 0 Å². The third kappa shape index (κ3) is 2.36. The molecule has 0 aliphatic heterocycles. The number of hydrogen-bond donors (Lipinski definition) is 1. The van der Waals surface area contributed by atoms with Crippen LogP contribution < -0.4 is 5.32 Å².